The molecule has 2 N–H and O–H groups in total. The monoisotopic (exact) mass is 399 g/mol. The van der Waals surface area contributed by atoms with Crippen molar-refractivity contribution in [2.24, 2.45) is 5.73 Å². The van der Waals surface area contributed by atoms with Gasteiger partial charge in [0.1, 0.15) is 11.3 Å². The lowest BCUT2D eigenvalue weighted by Gasteiger charge is -2.07. The maximum atomic E-state index is 6.32. The van der Waals surface area contributed by atoms with Crippen LogP contribution in [0.25, 0.3) is 11.0 Å². The van der Waals surface area contributed by atoms with Crippen LogP contribution in [0.15, 0.2) is 43.0 Å². The van der Waals surface area contributed by atoms with Crippen molar-refractivity contribution in [3.63, 3.8) is 0 Å². The van der Waals surface area contributed by atoms with Crippen LogP contribution in [0, 0.1) is 6.92 Å². The molecule has 3 rings (SSSR count). The van der Waals surface area contributed by atoms with E-state index >= 15 is 0 Å². The van der Waals surface area contributed by atoms with E-state index < -0.39 is 0 Å². The van der Waals surface area contributed by atoms with E-state index in [2.05, 4.69) is 44.8 Å². The first-order valence-electron chi connectivity index (χ1n) is 5.74. The van der Waals surface area contributed by atoms with E-state index in [9.17, 15) is 0 Å². The summed E-state index contributed by atoms with van der Waals surface area (Å²) in [5.41, 5.74) is 8.30. The quantitative estimate of drug-likeness (QED) is 0.627. The topological polar surface area (TPSA) is 39.2 Å². The first kappa shape index (κ1) is 13.4. The number of hydrogen-bond acceptors (Lipinski definition) is 3. The molecule has 3 aromatic rings. The average molecular weight is 401 g/mol. The van der Waals surface area contributed by atoms with Gasteiger partial charge in [0.2, 0.25) is 0 Å². The number of thiophene rings is 1. The highest BCUT2D eigenvalue weighted by atomic mass is 79.9. The minimum absolute atomic E-state index is 0.220. The van der Waals surface area contributed by atoms with Crippen LogP contribution in [-0.2, 0) is 0 Å². The number of halogens is 2. The molecule has 5 heteroatoms. The standard InChI is InChI=1S/C14H11Br2NOS/c1-7-10-3-2-8(15)4-11(10)18-14(7)13(17)12-5-9(16)6-19-12/h2-6,13H,17H2,1H3. The fourth-order valence-electron chi connectivity index (χ4n) is 2.14. The molecule has 0 saturated carbocycles. The van der Waals surface area contributed by atoms with E-state index in [1.54, 1.807) is 11.3 Å². The van der Waals surface area contributed by atoms with Gasteiger partial charge in [0.05, 0.1) is 6.04 Å². The molecule has 0 radical (unpaired) electrons. The van der Waals surface area contributed by atoms with Gasteiger partial charge in [-0.3, -0.25) is 0 Å². The third kappa shape index (κ3) is 2.40. The molecule has 0 amide bonds. The average Bonchev–Trinajstić information content (AvgIpc) is 2.93. The van der Waals surface area contributed by atoms with Crippen molar-refractivity contribution in [2.75, 3.05) is 0 Å². The summed E-state index contributed by atoms with van der Waals surface area (Å²) < 4.78 is 8.00. The highest BCUT2D eigenvalue weighted by Gasteiger charge is 2.20. The van der Waals surface area contributed by atoms with Crippen molar-refractivity contribution in [3.05, 3.63) is 54.8 Å². The van der Waals surface area contributed by atoms with Gasteiger partial charge in [0.15, 0.2) is 0 Å². The molecule has 0 spiro atoms. The molecule has 2 aromatic heterocycles. The van der Waals surface area contributed by atoms with Crippen LogP contribution >= 0.6 is 43.2 Å². The molecular formula is C14H11Br2NOS. The lowest BCUT2D eigenvalue weighted by atomic mass is 10.1. The van der Waals surface area contributed by atoms with Gasteiger partial charge in [-0.15, -0.1) is 11.3 Å². The van der Waals surface area contributed by atoms with E-state index in [0.29, 0.717) is 0 Å². The summed E-state index contributed by atoms with van der Waals surface area (Å²) in [5.74, 6) is 0.836. The molecule has 1 aromatic carbocycles. The molecule has 0 aliphatic rings. The lowest BCUT2D eigenvalue weighted by molar-refractivity contribution is 0.523. The Balaban J connectivity index is 2.12. The van der Waals surface area contributed by atoms with Gasteiger partial charge in [-0.2, -0.15) is 0 Å². The van der Waals surface area contributed by atoms with Gasteiger partial charge in [-0.05, 0) is 47.1 Å². The molecule has 98 valence electrons. The van der Waals surface area contributed by atoms with Crippen molar-refractivity contribution in [1.82, 2.24) is 0 Å². The largest absolute Gasteiger partial charge is 0.459 e. The minimum atomic E-state index is -0.220. The second-order valence-corrected chi connectivity index (χ2v) is 7.15. The Morgan fingerprint density at radius 2 is 2.00 bits per heavy atom. The lowest BCUT2D eigenvalue weighted by Crippen LogP contribution is -2.10. The molecule has 0 fully saturated rings. The van der Waals surface area contributed by atoms with E-state index in [-0.39, 0.29) is 6.04 Å². The Morgan fingerprint density at radius 1 is 1.21 bits per heavy atom. The van der Waals surface area contributed by atoms with Crippen molar-refractivity contribution in [2.45, 2.75) is 13.0 Å². The summed E-state index contributed by atoms with van der Waals surface area (Å²) >= 11 is 8.54. The predicted octanol–water partition coefficient (Wildman–Crippen LogP) is 5.38. The molecular weight excluding hydrogens is 390 g/mol. The number of furan rings is 1. The Labute approximate surface area is 131 Å². The van der Waals surface area contributed by atoms with E-state index in [1.807, 2.05) is 23.6 Å². The SMILES string of the molecule is Cc1c(C(N)c2cc(Br)cs2)oc2cc(Br)ccc12. The summed E-state index contributed by atoms with van der Waals surface area (Å²) in [6.07, 6.45) is 0. The van der Waals surface area contributed by atoms with E-state index in [1.165, 1.54) is 0 Å². The van der Waals surface area contributed by atoms with Gasteiger partial charge in [0, 0.05) is 30.2 Å². The molecule has 1 atom stereocenters. The van der Waals surface area contributed by atoms with Gasteiger partial charge >= 0.3 is 0 Å². The number of rotatable bonds is 2. The summed E-state index contributed by atoms with van der Waals surface area (Å²) in [5, 5.41) is 3.15. The Bertz CT molecular complexity index is 747. The zero-order valence-corrected chi connectivity index (χ0v) is 14.1. The second-order valence-electron chi connectivity index (χ2n) is 4.38. The van der Waals surface area contributed by atoms with Crippen LogP contribution in [0.1, 0.15) is 22.2 Å². The molecule has 0 saturated heterocycles. The highest BCUT2D eigenvalue weighted by molar-refractivity contribution is 9.10. The molecule has 0 aliphatic heterocycles. The zero-order valence-electron chi connectivity index (χ0n) is 10.1. The van der Waals surface area contributed by atoms with Crippen LogP contribution in [0.4, 0.5) is 0 Å². The maximum Gasteiger partial charge on any atom is 0.135 e. The van der Waals surface area contributed by atoms with Gasteiger partial charge in [0.25, 0.3) is 0 Å². The van der Waals surface area contributed by atoms with Gasteiger partial charge in [-0.1, -0.05) is 15.9 Å². The number of aryl methyl sites for hydroxylation is 1. The van der Waals surface area contributed by atoms with Gasteiger partial charge in [-0.25, -0.2) is 0 Å². The minimum Gasteiger partial charge on any atom is -0.459 e. The second kappa shape index (κ2) is 5.05. The number of benzene rings is 1. The zero-order chi connectivity index (χ0) is 13.6. The normalized spacial score (nSPS) is 13.1. The van der Waals surface area contributed by atoms with Crippen LogP contribution in [-0.4, -0.2) is 0 Å². The molecule has 2 heterocycles. The van der Waals surface area contributed by atoms with Crippen molar-refractivity contribution in [3.8, 4) is 0 Å². The number of hydrogen-bond donors (Lipinski definition) is 1. The fraction of sp³-hybridized carbons (Fsp3) is 0.143. The Morgan fingerprint density at radius 3 is 2.68 bits per heavy atom. The number of fused-ring (bicyclic) bond motifs is 1. The fourth-order valence-corrected chi connectivity index (χ4v) is 3.92. The molecule has 2 nitrogen and oxygen atoms in total. The van der Waals surface area contributed by atoms with Crippen molar-refractivity contribution < 1.29 is 4.42 Å². The van der Waals surface area contributed by atoms with Crippen LogP contribution in [0.2, 0.25) is 0 Å². The first-order valence-corrected chi connectivity index (χ1v) is 8.21. The third-order valence-corrected chi connectivity index (χ3v) is 5.38. The van der Waals surface area contributed by atoms with Crippen LogP contribution in [0.5, 0.6) is 0 Å². The molecule has 0 aliphatic carbocycles. The summed E-state index contributed by atoms with van der Waals surface area (Å²) in [7, 11) is 0. The van der Waals surface area contributed by atoms with Crippen LogP contribution in [0.3, 0.4) is 0 Å². The predicted molar refractivity (Wildman–Crippen MR) is 86.7 cm³/mol. The smallest absolute Gasteiger partial charge is 0.135 e. The maximum absolute atomic E-state index is 6.32. The summed E-state index contributed by atoms with van der Waals surface area (Å²) in [4.78, 5) is 1.09. The van der Waals surface area contributed by atoms with Crippen molar-refractivity contribution in [1.29, 1.82) is 0 Å². The molecule has 19 heavy (non-hydrogen) atoms. The third-order valence-electron chi connectivity index (χ3n) is 3.11. The number of nitrogens with two attached hydrogens (primary N) is 1. The molecule has 1 unspecified atom stereocenters. The summed E-state index contributed by atoms with van der Waals surface area (Å²) in [6, 6.07) is 7.86. The molecule has 0 bridgehead atoms. The Kier molecular flexibility index (Phi) is 3.55. The van der Waals surface area contributed by atoms with Crippen LogP contribution < -0.4 is 5.73 Å². The Hall–Kier alpha value is -0.620. The summed E-state index contributed by atoms with van der Waals surface area (Å²) in [6.45, 7) is 2.05. The highest BCUT2D eigenvalue weighted by Crippen LogP contribution is 2.35. The van der Waals surface area contributed by atoms with Crippen molar-refractivity contribution >= 4 is 54.2 Å². The van der Waals surface area contributed by atoms with Gasteiger partial charge < -0.3 is 10.2 Å². The van der Waals surface area contributed by atoms with E-state index in [0.717, 1.165) is 36.1 Å². The van der Waals surface area contributed by atoms with E-state index in [4.69, 9.17) is 10.2 Å². The first-order chi connectivity index (χ1) is 9.06.